The van der Waals surface area contributed by atoms with Gasteiger partial charge in [0.05, 0.1) is 0 Å². The van der Waals surface area contributed by atoms with E-state index in [0.29, 0.717) is 0 Å². The van der Waals surface area contributed by atoms with E-state index < -0.39 is 7.92 Å². The molecule has 0 fully saturated rings. The lowest BCUT2D eigenvalue weighted by Crippen LogP contribution is -2.25. The summed E-state index contributed by atoms with van der Waals surface area (Å²) in [6.45, 7) is 0. The van der Waals surface area contributed by atoms with Crippen molar-refractivity contribution in [3.8, 4) is 0 Å². The Balaban J connectivity index is 1.63. The first-order valence-corrected chi connectivity index (χ1v) is 13.7. The molecule has 0 aliphatic heterocycles. The number of aromatic nitrogens is 1. The number of fused-ring (bicyclic) bond motifs is 1. The zero-order valence-corrected chi connectivity index (χ0v) is 21.2. The zero-order valence-electron chi connectivity index (χ0n) is 20.3. The van der Waals surface area contributed by atoms with Gasteiger partial charge in [0.1, 0.15) is 0 Å². The molecule has 0 bridgehead atoms. The first-order chi connectivity index (χ1) is 17.8. The molecule has 6 rings (SSSR count). The molecule has 0 aliphatic carbocycles. The molecule has 0 saturated carbocycles. The maximum Gasteiger partial charge on any atom is 0.0480 e. The SMILES string of the molecule is Cn1cc(C(c2ccccc2)c2ccccc2P(c2ccccc2)c2ccccc2)c2ccccc21. The van der Waals surface area contributed by atoms with Crippen LogP contribution in [-0.2, 0) is 7.05 Å². The second-order valence-corrected chi connectivity index (χ2v) is 11.3. The van der Waals surface area contributed by atoms with Crippen LogP contribution in [0.25, 0.3) is 10.9 Å². The summed E-state index contributed by atoms with van der Waals surface area (Å²) in [6.07, 6.45) is 2.33. The Kier molecular flexibility index (Phi) is 6.24. The van der Waals surface area contributed by atoms with Crippen LogP contribution < -0.4 is 15.9 Å². The topological polar surface area (TPSA) is 4.93 Å². The Bertz CT molecular complexity index is 1550. The molecule has 5 aromatic carbocycles. The third-order valence-electron chi connectivity index (χ3n) is 6.89. The van der Waals surface area contributed by atoms with Gasteiger partial charge in [-0.05, 0) is 46.6 Å². The van der Waals surface area contributed by atoms with Crippen molar-refractivity contribution >= 4 is 34.7 Å². The Morgan fingerprint density at radius 3 is 1.72 bits per heavy atom. The first-order valence-electron chi connectivity index (χ1n) is 12.4. The quantitative estimate of drug-likeness (QED) is 0.223. The highest BCUT2D eigenvalue weighted by molar-refractivity contribution is 7.79. The molecule has 6 aromatic rings. The van der Waals surface area contributed by atoms with Crippen molar-refractivity contribution in [1.82, 2.24) is 4.57 Å². The van der Waals surface area contributed by atoms with Crippen LogP contribution in [0.1, 0.15) is 22.6 Å². The maximum absolute atomic E-state index is 2.35. The molecule has 1 unspecified atom stereocenters. The molecule has 2 heteroatoms. The van der Waals surface area contributed by atoms with Crippen LogP contribution in [0.2, 0.25) is 0 Å². The normalized spacial score (nSPS) is 12.2. The fourth-order valence-corrected chi connectivity index (χ4v) is 7.78. The van der Waals surface area contributed by atoms with Crippen LogP contribution in [0.5, 0.6) is 0 Å². The van der Waals surface area contributed by atoms with Gasteiger partial charge in [0.2, 0.25) is 0 Å². The van der Waals surface area contributed by atoms with Gasteiger partial charge in [0, 0.05) is 30.1 Å². The van der Waals surface area contributed by atoms with Crippen molar-refractivity contribution in [3.05, 3.63) is 162 Å². The summed E-state index contributed by atoms with van der Waals surface area (Å²) in [7, 11) is 1.43. The number of aryl methyl sites for hydroxylation is 1. The predicted octanol–water partition coefficient (Wildman–Crippen LogP) is 7.12. The van der Waals surface area contributed by atoms with Gasteiger partial charge in [-0.2, -0.15) is 0 Å². The molecule has 0 aliphatic rings. The summed E-state index contributed by atoms with van der Waals surface area (Å²) in [5.41, 5.74) is 5.30. The number of hydrogen-bond donors (Lipinski definition) is 0. The molecule has 1 aromatic heterocycles. The molecule has 174 valence electrons. The molecule has 1 atom stereocenters. The third kappa shape index (κ3) is 4.17. The van der Waals surface area contributed by atoms with Crippen molar-refractivity contribution in [2.24, 2.45) is 7.05 Å². The van der Waals surface area contributed by atoms with E-state index in [-0.39, 0.29) is 5.92 Å². The lowest BCUT2D eigenvalue weighted by molar-refractivity contribution is 0.930. The Hall–Kier alpha value is -3.93. The monoisotopic (exact) mass is 481 g/mol. The first kappa shape index (κ1) is 22.5. The minimum atomic E-state index is -0.723. The molecule has 0 N–H and O–H groups in total. The van der Waals surface area contributed by atoms with E-state index in [0.717, 1.165) is 0 Å². The summed E-state index contributed by atoms with van der Waals surface area (Å²) >= 11 is 0. The van der Waals surface area contributed by atoms with Crippen LogP contribution in [0.3, 0.4) is 0 Å². The van der Waals surface area contributed by atoms with Crippen molar-refractivity contribution in [2.75, 3.05) is 0 Å². The van der Waals surface area contributed by atoms with Crippen LogP contribution in [-0.4, -0.2) is 4.57 Å². The molecule has 0 saturated heterocycles. The van der Waals surface area contributed by atoms with Crippen LogP contribution >= 0.6 is 7.92 Å². The van der Waals surface area contributed by atoms with E-state index in [1.165, 1.54) is 43.5 Å². The third-order valence-corrected chi connectivity index (χ3v) is 9.41. The molecule has 0 amide bonds. The Morgan fingerprint density at radius 2 is 1.06 bits per heavy atom. The number of para-hydroxylation sites is 1. The van der Waals surface area contributed by atoms with E-state index in [9.17, 15) is 0 Å². The molecule has 1 nitrogen and oxygen atoms in total. The highest BCUT2D eigenvalue weighted by Crippen LogP contribution is 2.41. The van der Waals surface area contributed by atoms with Crippen molar-refractivity contribution in [3.63, 3.8) is 0 Å². The maximum atomic E-state index is 2.35. The summed E-state index contributed by atoms with van der Waals surface area (Å²) in [4.78, 5) is 0. The minimum Gasteiger partial charge on any atom is -0.350 e. The fourth-order valence-electron chi connectivity index (χ4n) is 5.29. The van der Waals surface area contributed by atoms with Crippen molar-refractivity contribution < 1.29 is 0 Å². The van der Waals surface area contributed by atoms with Gasteiger partial charge in [-0.1, -0.05) is 133 Å². The predicted molar refractivity (Wildman–Crippen MR) is 155 cm³/mol. The van der Waals surface area contributed by atoms with E-state index in [4.69, 9.17) is 0 Å². The van der Waals surface area contributed by atoms with Gasteiger partial charge in [0.25, 0.3) is 0 Å². The van der Waals surface area contributed by atoms with E-state index in [2.05, 4.69) is 157 Å². The summed E-state index contributed by atoms with van der Waals surface area (Å²) in [6, 6.07) is 50.8. The van der Waals surface area contributed by atoms with Gasteiger partial charge in [-0.15, -0.1) is 0 Å². The Morgan fingerprint density at radius 1 is 0.528 bits per heavy atom. The van der Waals surface area contributed by atoms with Gasteiger partial charge < -0.3 is 4.57 Å². The van der Waals surface area contributed by atoms with Crippen LogP contribution in [0.15, 0.2) is 146 Å². The average molecular weight is 482 g/mol. The number of benzene rings is 5. The average Bonchev–Trinajstić information content (AvgIpc) is 3.28. The molecule has 36 heavy (non-hydrogen) atoms. The summed E-state index contributed by atoms with van der Waals surface area (Å²) in [5, 5.41) is 5.46. The highest BCUT2D eigenvalue weighted by atomic mass is 31.1. The van der Waals surface area contributed by atoms with E-state index in [1.54, 1.807) is 0 Å². The largest absolute Gasteiger partial charge is 0.350 e. The van der Waals surface area contributed by atoms with Gasteiger partial charge in [-0.3, -0.25) is 0 Å². The standard InChI is InChI=1S/C34H28NP/c1-35-25-31(29-21-11-13-23-32(29)35)34(26-15-5-2-6-16-26)30-22-12-14-24-33(30)36(27-17-7-3-8-18-27)28-19-9-4-10-20-28/h2-25,34H,1H3. The Labute approximate surface area is 214 Å². The molecule has 1 heterocycles. The second-order valence-electron chi connectivity index (χ2n) is 9.12. The highest BCUT2D eigenvalue weighted by Gasteiger charge is 2.27. The van der Waals surface area contributed by atoms with E-state index >= 15 is 0 Å². The molecular weight excluding hydrogens is 453 g/mol. The van der Waals surface area contributed by atoms with Gasteiger partial charge >= 0.3 is 0 Å². The smallest absolute Gasteiger partial charge is 0.0480 e. The molecular formula is C34H28NP. The number of nitrogens with zero attached hydrogens (tertiary/aromatic N) is 1. The minimum absolute atomic E-state index is 0.130. The molecule has 0 radical (unpaired) electrons. The summed E-state index contributed by atoms with van der Waals surface area (Å²) < 4.78 is 2.26. The number of rotatable bonds is 6. The molecule has 0 spiro atoms. The fraction of sp³-hybridized carbons (Fsp3) is 0.0588. The second kappa shape index (κ2) is 9.97. The van der Waals surface area contributed by atoms with E-state index in [1.807, 2.05) is 0 Å². The zero-order chi connectivity index (χ0) is 24.3. The lowest BCUT2D eigenvalue weighted by atomic mass is 9.85. The van der Waals surface area contributed by atoms with Crippen LogP contribution in [0, 0.1) is 0 Å². The van der Waals surface area contributed by atoms with Crippen molar-refractivity contribution in [2.45, 2.75) is 5.92 Å². The number of hydrogen-bond acceptors (Lipinski definition) is 0. The van der Waals surface area contributed by atoms with Gasteiger partial charge in [0.15, 0.2) is 0 Å². The lowest BCUT2D eigenvalue weighted by Gasteiger charge is -2.27. The summed E-state index contributed by atoms with van der Waals surface area (Å²) in [5.74, 6) is 0.130. The van der Waals surface area contributed by atoms with Gasteiger partial charge in [-0.25, -0.2) is 0 Å². The van der Waals surface area contributed by atoms with Crippen molar-refractivity contribution in [1.29, 1.82) is 0 Å². The van der Waals surface area contributed by atoms with Crippen LogP contribution in [0.4, 0.5) is 0 Å².